The highest BCUT2D eigenvalue weighted by molar-refractivity contribution is 5.64. The first-order valence-electron chi connectivity index (χ1n) is 12.5. The Labute approximate surface area is 201 Å². The molecule has 0 atom stereocenters. The number of benzene rings is 3. The van der Waals surface area contributed by atoms with Crippen LogP contribution in [-0.2, 0) is 12.8 Å². The molecule has 0 spiro atoms. The summed E-state index contributed by atoms with van der Waals surface area (Å²) in [5, 5.41) is 0. The molecular weight excluding hydrogens is 433 g/mol. The Morgan fingerprint density at radius 1 is 0.765 bits per heavy atom. The summed E-state index contributed by atoms with van der Waals surface area (Å²) in [5.74, 6) is -0.642. The fraction of sp³-hybridized carbons (Fsp3) is 0.400. The Hall–Kier alpha value is -2.75. The maximum atomic E-state index is 14.9. The molecule has 34 heavy (non-hydrogen) atoms. The van der Waals surface area contributed by atoms with Gasteiger partial charge in [-0.2, -0.15) is 0 Å². The number of halogens is 3. The Bertz CT molecular complexity index is 1100. The Morgan fingerprint density at radius 2 is 1.47 bits per heavy atom. The van der Waals surface area contributed by atoms with E-state index in [4.69, 9.17) is 4.74 Å². The third kappa shape index (κ3) is 5.48. The van der Waals surface area contributed by atoms with Gasteiger partial charge in [-0.1, -0.05) is 55.8 Å². The SMILES string of the molecule is CCOc1ccc(-c2ccc(CCc3ccc(C4CCC(CC)CC4)c(F)c3F)cc2)cc1F. The van der Waals surface area contributed by atoms with Gasteiger partial charge in [0.15, 0.2) is 23.2 Å². The summed E-state index contributed by atoms with van der Waals surface area (Å²) >= 11 is 0. The summed E-state index contributed by atoms with van der Waals surface area (Å²) in [4.78, 5) is 0. The van der Waals surface area contributed by atoms with E-state index in [1.165, 1.54) is 12.5 Å². The molecule has 1 saturated carbocycles. The summed E-state index contributed by atoms with van der Waals surface area (Å²) in [7, 11) is 0. The number of ether oxygens (including phenoxy) is 1. The Kier molecular flexibility index (Phi) is 7.97. The highest BCUT2D eigenvalue weighted by Gasteiger charge is 2.25. The van der Waals surface area contributed by atoms with Gasteiger partial charge in [-0.25, -0.2) is 13.2 Å². The first-order chi connectivity index (χ1) is 16.5. The molecule has 0 N–H and O–H groups in total. The zero-order chi connectivity index (χ0) is 24.1. The molecule has 1 nitrogen and oxygen atoms in total. The molecule has 1 aliphatic rings. The second-order valence-corrected chi connectivity index (χ2v) is 9.34. The minimum Gasteiger partial charge on any atom is -0.491 e. The summed E-state index contributed by atoms with van der Waals surface area (Å²) in [6, 6.07) is 16.3. The summed E-state index contributed by atoms with van der Waals surface area (Å²) < 4.78 is 49.2. The van der Waals surface area contributed by atoms with Crippen LogP contribution in [0.2, 0.25) is 0 Å². The van der Waals surface area contributed by atoms with Gasteiger partial charge < -0.3 is 4.74 Å². The molecule has 0 aromatic heterocycles. The molecule has 0 radical (unpaired) electrons. The molecule has 1 fully saturated rings. The van der Waals surface area contributed by atoms with Gasteiger partial charge in [-0.05, 0) is 97.2 Å². The second kappa shape index (κ2) is 11.1. The van der Waals surface area contributed by atoms with E-state index >= 15 is 0 Å². The van der Waals surface area contributed by atoms with E-state index < -0.39 is 11.6 Å². The largest absolute Gasteiger partial charge is 0.491 e. The zero-order valence-electron chi connectivity index (χ0n) is 20.0. The third-order valence-corrected chi connectivity index (χ3v) is 7.26. The fourth-order valence-electron chi connectivity index (χ4n) is 5.09. The normalized spacial score (nSPS) is 18.1. The van der Waals surface area contributed by atoms with E-state index in [1.807, 2.05) is 37.3 Å². The predicted octanol–water partition coefficient (Wildman–Crippen LogP) is 8.64. The zero-order valence-corrected chi connectivity index (χ0v) is 20.0. The lowest BCUT2D eigenvalue weighted by atomic mass is 9.77. The quantitative estimate of drug-likeness (QED) is 0.323. The van der Waals surface area contributed by atoms with Gasteiger partial charge in [0, 0.05) is 0 Å². The van der Waals surface area contributed by atoms with Crippen molar-refractivity contribution in [1.82, 2.24) is 0 Å². The van der Waals surface area contributed by atoms with E-state index in [-0.39, 0.29) is 17.5 Å². The topological polar surface area (TPSA) is 9.23 Å². The van der Waals surface area contributed by atoms with Crippen molar-refractivity contribution in [2.24, 2.45) is 5.92 Å². The summed E-state index contributed by atoms with van der Waals surface area (Å²) in [6.45, 7) is 4.44. The molecule has 0 unspecified atom stereocenters. The van der Waals surface area contributed by atoms with Gasteiger partial charge >= 0.3 is 0 Å². The van der Waals surface area contributed by atoms with Crippen molar-refractivity contribution < 1.29 is 17.9 Å². The van der Waals surface area contributed by atoms with Crippen molar-refractivity contribution in [1.29, 1.82) is 0 Å². The van der Waals surface area contributed by atoms with Crippen molar-refractivity contribution in [2.75, 3.05) is 6.61 Å². The smallest absolute Gasteiger partial charge is 0.165 e. The fourth-order valence-corrected chi connectivity index (χ4v) is 5.09. The molecule has 0 bridgehead atoms. The molecule has 3 aromatic carbocycles. The Morgan fingerprint density at radius 3 is 2.12 bits per heavy atom. The van der Waals surface area contributed by atoms with Crippen LogP contribution in [0.5, 0.6) is 5.75 Å². The molecule has 0 aliphatic heterocycles. The minimum absolute atomic E-state index is 0.131. The highest BCUT2D eigenvalue weighted by Crippen LogP contribution is 2.38. The van der Waals surface area contributed by atoms with E-state index in [1.54, 1.807) is 18.2 Å². The Balaban J connectivity index is 1.40. The number of rotatable bonds is 8. The first-order valence-corrected chi connectivity index (χ1v) is 12.5. The summed E-state index contributed by atoms with van der Waals surface area (Å²) in [6.07, 6.45) is 6.29. The second-order valence-electron chi connectivity index (χ2n) is 9.34. The first kappa shape index (κ1) is 24.4. The monoisotopic (exact) mass is 466 g/mol. The molecule has 1 aliphatic carbocycles. The molecule has 180 valence electrons. The van der Waals surface area contributed by atoms with Crippen molar-refractivity contribution >= 4 is 0 Å². The van der Waals surface area contributed by atoms with Crippen molar-refractivity contribution in [3.8, 4) is 16.9 Å². The van der Waals surface area contributed by atoms with Gasteiger partial charge in [0.05, 0.1) is 6.61 Å². The van der Waals surface area contributed by atoms with Gasteiger partial charge in [-0.3, -0.25) is 0 Å². The van der Waals surface area contributed by atoms with Crippen LogP contribution >= 0.6 is 0 Å². The minimum atomic E-state index is -0.698. The molecule has 3 aromatic rings. The van der Waals surface area contributed by atoms with Crippen molar-refractivity contribution in [2.45, 2.75) is 64.7 Å². The van der Waals surface area contributed by atoms with E-state index in [0.29, 0.717) is 30.6 Å². The number of hydrogen-bond donors (Lipinski definition) is 0. The van der Waals surface area contributed by atoms with Crippen LogP contribution in [0.1, 0.15) is 68.6 Å². The molecular formula is C30H33F3O. The maximum Gasteiger partial charge on any atom is 0.165 e. The lowest BCUT2D eigenvalue weighted by molar-refractivity contribution is 0.312. The van der Waals surface area contributed by atoms with Crippen molar-refractivity contribution in [3.05, 3.63) is 88.7 Å². The number of aryl methyl sites for hydroxylation is 2. The molecule has 0 amide bonds. The molecule has 0 saturated heterocycles. The third-order valence-electron chi connectivity index (χ3n) is 7.26. The predicted molar refractivity (Wildman–Crippen MR) is 132 cm³/mol. The van der Waals surface area contributed by atoms with Gasteiger partial charge in [0.2, 0.25) is 0 Å². The van der Waals surface area contributed by atoms with Crippen molar-refractivity contribution in [3.63, 3.8) is 0 Å². The van der Waals surface area contributed by atoms with Gasteiger partial charge in [0.1, 0.15) is 0 Å². The lowest BCUT2D eigenvalue weighted by Crippen LogP contribution is -2.14. The van der Waals surface area contributed by atoms with Crippen LogP contribution in [0, 0.1) is 23.4 Å². The van der Waals surface area contributed by atoms with Gasteiger partial charge in [0.25, 0.3) is 0 Å². The van der Waals surface area contributed by atoms with Gasteiger partial charge in [-0.15, -0.1) is 0 Å². The molecule has 0 heterocycles. The maximum absolute atomic E-state index is 14.9. The van der Waals surface area contributed by atoms with Crippen LogP contribution in [0.4, 0.5) is 13.2 Å². The lowest BCUT2D eigenvalue weighted by Gasteiger charge is -2.28. The standard InChI is InChI=1S/C30H33F3O/c1-3-20-5-12-23(13-6-20)26-17-15-24(29(32)30(26)33)14-9-21-7-10-22(11-8-21)25-16-18-28(34-4-2)27(31)19-25/h7-8,10-11,15-20,23H,3-6,9,12-14H2,1-2H3. The van der Waals surface area contributed by atoms with E-state index in [0.717, 1.165) is 48.3 Å². The van der Waals surface area contributed by atoms with E-state index in [2.05, 4.69) is 6.92 Å². The van der Waals surface area contributed by atoms with E-state index in [9.17, 15) is 13.2 Å². The summed E-state index contributed by atoms with van der Waals surface area (Å²) in [5.41, 5.74) is 3.65. The molecule has 4 rings (SSSR count). The van der Waals surface area contributed by atoms with Crippen LogP contribution in [0.3, 0.4) is 0 Å². The van der Waals surface area contributed by atoms with Crippen LogP contribution < -0.4 is 4.74 Å². The average molecular weight is 467 g/mol. The molecule has 4 heteroatoms. The van der Waals surface area contributed by atoms with Crippen LogP contribution in [-0.4, -0.2) is 6.61 Å². The number of hydrogen-bond acceptors (Lipinski definition) is 1. The average Bonchev–Trinajstić information content (AvgIpc) is 2.87. The van der Waals surface area contributed by atoms with Crippen LogP contribution in [0.25, 0.3) is 11.1 Å². The highest BCUT2D eigenvalue weighted by atomic mass is 19.2. The van der Waals surface area contributed by atoms with Crippen LogP contribution in [0.15, 0.2) is 54.6 Å².